The summed E-state index contributed by atoms with van der Waals surface area (Å²) in [5, 5.41) is 12.8. The minimum absolute atomic E-state index is 0.184. The second kappa shape index (κ2) is 7.05. The number of H-pyrrole nitrogens is 1. The molecule has 0 aliphatic heterocycles. The van der Waals surface area contributed by atoms with Gasteiger partial charge in [-0.15, -0.1) is 0 Å². The molecule has 1 aromatic carbocycles. The highest BCUT2D eigenvalue weighted by atomic mass is 35.5. The molecule has 6 nitrogen and oxygen atoms in total. The number of anilines is 1. The lowest BCUT2D eigenvalue weighted by Crippen LogP contribution is -2.26. The monoisotopic (exact) mass is 346 g/mol. The predicted octanol–water partition coefficient (Wildman–Crippen LogP) is 2.84. The van der Waals surface area contributed by atoms with Crippen LogP contribution in [0, 0.1) is 6.92 Å². The number of amides is 2. The zero-order valence-corrected chi connectivity index (χ0v) is 14.1. The van der Waals surface area contributed by atoms with Gasteiger partial charge in [-0.2, -0.15) is 5.10 Å². The Morgan fingerprint density at radius 1 is 1.38 bits per heavy atom. The van der Waals surface area contributed by atoms with E-state index in [1.165, 1.54) is 6.20 Å². The lowest BCUT2D eigenvalue weighted by molar-refractivity contribution is -0.116. The van der Waals surface area contributed by atoms with E-state index in [0.717, 1.165) is 24.0 Å². The molecule has 126 valence electrons. The topological polar surface area (TPSA) is 86.9 Å². The molecule has 3 rings (SSSR count). The van der Waals surface area contributed by atoms with Crippen molar-refractivity contribution in [3.8, 4) is 0 Å². The van der Waals surface area contributed by atoms with Gasteiger partial charge in [0.25, 0.3) is 5.91 Å². The van der Waals surface area contributed by atoms with E-state index in [1.54, 1.807) is 0 Å². The average molecular weight is 347 g/mol. The van der Waals surface area contributed by atoms with E-state index in [1.807, 2.05) is 25.1 Å². The molecule has 3 N–H and O–H groups in total. The summed E-state index contributed by atoms with van der Waals surface area (Å²) >= 11 is 6.09. The maximum atomic E-state index is 12.1. The summed E-state index contributed by atoms with van der Waals surface area (Å²) in [5.41, 5.74) is 2.36. The number of aromatic amines is 1. The lowest BCUT2D eigenvalue weighted by Gasteiger charge is -2.07. The minimum atomic E-state index is -0.216. The molecule has 1 heterocycles. The van der Waals surface area contributed by atoms with Crippen LogP contribution >= 0.6 is 11.6 Å². The summed E-state index contributed by atoms with van der Waals surface area (Å²) in [6, 6.07) is 6.01. The molecule has 1 aromatic heterocycles. The average Bonchev–Trinajstić information content (AvgIpc) is 3.24. The number of hydrogen-bond acceptors (Lipinski definition) is 3. The molecule has 24 heavy (non-hydrogen) atoms. The first kappa shape index (κ1) is 16.5. The normalized spacial score (nSPS) is 13.6. The fourth-order valence-corrected chi connectivity index (χ4v) is 2.50. The summed E-state index contributed by atoms with van der Waals surface area (Å²) in [5.74, 6) is -0.0663. The van der Waals surface area contributed by atoms with Crippen molar-refractivity contribution in [1.29, 1.82) is 0 Å². The Labute approximate surface area is 145 Å². The number of carbonyl (C=O) groups excluding carboxylic acids is 2. The van der Waals surface area contributed by atoms with E-state index >= 15 is 0 Å². The second-order valence-electron chi connectivity index (χ2n) is 6.04. The Morgan fingerprint density at radius 2 is 2.17 bits per heavy atom. The molecule has 2 amide bonds. The molecule has 2 aromatic rings. The summed E-state index contributed by atoms with van der Waals surface area (Å²) in [7, 11) is 0. The fourth-order valence-electron chi connectivity index (χ4n) is 2.30. The van der Waals surface area contributed by atoms with Crippen LogP contribution in [0.1, 0.15) is 40.7 Å². The van der Waals surface area contributed by atoms with Crippen LogP contribution in [-0.4, -0.2) is 28.1 Å². The fraction of sp³-hybridized carbons (Fsp3) is 0.353. The van der Waals surface area contributed by atoms with Crippen LogP contribution in [-0.2, 0) is 11.2 Å². The number of halogens is 1. The maximum absolute atomic E-state index is 12.1. The molecule has 1 fully saturated rings. The molecule has 0 radical (unpaired) electrons. The molecular formula is C17H19ClN4O2. The van der Waals surface area contributed by atoms with Gasteiger partial charge >= 0.3 is 0 Å². The molecule has 0 unspecified atom stereocenters. The Morgan fingerprint density at radius 3 is 2.88 bits per heavy atom. The van der Waals surface area contributed by atoms with E-state index in [0.29, 0.717) is 29.2 Å². The Hall–Kier alpha value is -2.34. The van der Waals surface area contributed by atoms with Crippen LogP contribution in [0.5, 0.6) is 0 Å². The lowest BCUT2D eigenvalue weighted by atomic mass is 10.1. The van der Waals surface area contributed by atoms with Crippen LogP contribution in [0.2, 0.25) is 5.02 Å². The molecule has 0 spiro atoms. The van der Waals surface area contributed by atoms with E-state index in [9.17, 15) is 9.59 Å². The number of aromatic nitrogens is 2. The van der Waals surface area contributed by atoms with Gasteiger partial charge in [-0.1, -0.05) is 23.7 Å². The van der Waals surface area contributed by atoms with Gasteiger partial charge in [0.1, 0.15) is 11.4 Å². The van der Waals surface area contributed by atoms with Crippen LogP contribution < -0.4 is 10.6 Å². The molecule has 1 aliphatic rings. The van der Waals surface area contributed by atoms with Gasteiger partial charge in [0.15, 0.2) is 0 Å². The third-order valence-corrected chi connectivity index (χ3v) is 4.35. The van der Waals surface area contributed by atoms with E-state index in [-0.39, 0.29) is 17.9 Å². The number of aryl methyl sites for hydroxylation is 2. The molecule has 1 aliphatic carbocycles. The molecule has 1 saturated carbocycles. The number of nitrogens with one attached hydrogen (secondary N) is 3. The highest BCUT2D eigenvalue weighted by Crippen LogP contribution is 2.21. The van der Waals surface area contributed by atoms with E-state index in [2.05, 4.69) is 20.8 Å². The predicted molar refractivity (Wildman–Crippen MR) is 92.2 cm³/mol. The number of hydrogen-bond donors (Lipinski definition) is 3. The SMILES string of the molecule is Cc1ccc(CCC(=O)Nc2[nH]ncc2C(=O)NC2CC2)cc1Cl. The summed E-state index contributed by atoms with van der Waals surface area (Å²) in [6.07, 6.45) is 4.30. The number of carbonyl (C=O) groups is 2. The molecular weight excluding hydrogens is 328 g/mol. The van der Waals surface area contributed by atoms with E-state index < -0.39 is 0 Å². The van der Waals surface area contributed by atoms with Crippen LogP contribution in [0.15, 0.2) is 24.4 Å². The van der Waals surface area contributed by atoms with Gasteiger partial charge in [-0.25, -0.2) is 0 Å². The first-order valence-corrected chi connectivity index (χ1v) is 8.30. The second-order valence-corrected chi connectivity index (χ2v) is 6.45. The summed E-state index contributed by atoms with van der Waals surface area (Å²) in [6.45, 7) is 1.94. The Bertz CT molecular complexity index is 768. The summed E-state index contributed by atoms with van der Waals surface area (Å²) in [4.78, 5) is 24.2. The quantitative estimate of drug-likeness (QED) is 0.751. The number of rotatable bonds is 6. The first-order chi connectivity index (χ1) is 11.5. The van der Waals surface area contributed by atoms with Crippen molar-refractivity contribution in [3.05, 3.63) is 46.1 Å². The smallest absolute Gasteiger partial charge is 0.256 e. The standard InChI is InChI=1S/C17H19ClN4O2/c1-10-2-3-11(8-14(10)18)4-7-15(23)21-16-13(9-19-22-16)17(24)20-12-5-6-12/h2-3,8-9,12H,4-7H2,1H3,(H,20,24)(H2,19,21,22,23). The van der Waals surface area contributed by atoms with Gasteiger partial charge < -0.3 is 10.6 Å². The van der Waals surface area contributed by atoms with Crippen molar-refractivity contribution in [1.82, 2.24) is 15.5 Å². The van der Waals surface area contributed by atoms with Crippen molar-refractivity contribution in [2.75, 3.05) is 5.32 Å². The van der Waals surface area contributed by atoms with Crippen molar-refractivity contribution >= 4 is 29.2 Å². The van der Waals surface area contributed by atoms with E-state index in [4.69, 9.17) is 11.6 Å². The largest absolute Gasteiger partial charge is 0.349 e. The number of benzene rings is 1. The molecule has 0 saturated heterocycles. The van der Waals surface area contributed by atoms with Crippen molar-refractivity contribution < 1.29 is 9.59 Å². The maximum Gasteiger partial charge on any atom is 0.256 e. The highest BCUT2D eigenvalue weighted by molar-refractivity contribution is 6.31. The Balaban J connectivity index is 1.56. The Kier molecular flexibility index (Phi) is 4.85. The van der Waals surface area contributed by atoms with Gasteiger partial charge in [-0.3, -0.25) is 14.7 Å². The first-order valence-electron chi connectivity index (χ1n) is 7.92. The third kappa shape index (κ3) is 4.14. The van der Waals surface area contributed by atoms with Crippen molar-refractivity contribution in [3.63, 3.8) is 0 Å². The molecule has 0 bridgehead atoms. The molecule has 0 atom stereocenters. The van der Waals surface area contributed by atoms with Gasteiger partial charge in [0.2, 0.25) is 5.91 Å². The zero-order chi connectivity index (χ0) is 17.1. The summed E-state index contributed by atoms with van der Waals surface area (Å²) < 4.78 is 0. The van der Waals surface area contributed by atoms with Gasteiger partial charge in [0, 0.05) is 17.5 Å². The minimum Gasteiger partial charge on any atom is -0.349 e. The van der Waals surface area contributed by atoms with Gasteiger partial charge in [-0.05, 0) is 43.4 Å². The van der Waals surface area contributed by atoms with Gasteiger partial charge in [0.05, 0.1) is 6.20 Å². The zero-order valence-electron chi connectivity index (χ0n) is 13.4. The highest BCUT2D eigenvalue weighted by Gasteiger charge is 2.25. The van der Waals surface area contributed by atoms with Crippen molar-refractivity contribution in [2.45, 2.75) is 38.6 Å². The van der Waals surface area contributed by atoms with Crippen LogP contribution in [0.4, 0.5) is 5.82 Å². The van der Waals surface area contributed by atoms with Crippen LogP contribution in [0.25, 0.3) is 0 Å². The number of nitrogens with zero attached hydrogens (tertiary/aromatic N) is 1. The third-order valence-electron chi connectivity index (χ3n) is 3.94. The van der Waals surface area contributed by atoms with Crippen LogP contribution in [0.3, 0.4) is 0 Å². The molecule has 7 heteroatoms. The van der Waals surface area contributed by atoms with Crippen molar-refractivity contribution in [2.24, 2.45) is 0 Å².